The van der Waals surface area contributed by atoms with Crippen molar-refractivity contribution in [3.05, 3.63) is 0 Å². The third-order valence-electron chi connectivity index (χ3n) is 1.97. The predicted molar refractivity (Wildman–Crippen MR) is 47.2 cm³/mol. The summed E-state index contributed by atoms with van der Waals surface area (Å²) in [6, 6.07) is 0. The summed E-state index contributed by atoms with van der Waals surface area (Å²) in [7, 11) is 0. The van der Waals surface area contributed by atoms with Gasteiger partial charge < -0.3 is 5.73 Å². The highest BCUT2D eigenvalue weighted by molar-refractivity contribution is 4.87. The lowest BCUT2D eigenvalue weighted by atomic mass is 9.74. The standard InChI is InChI=1S/C9H20FN/c1-8(2,3)7(10)9(4,5)6-11/h7H,6,11H2,1-5H3. The molecule has 0 aromatic heterocycles. The summed E-state index contributed by atoms with van der Waals surface area (Å²) < 4.78 is 13.6. The van der Waals surface area contributed by atoms with Crippen molar-refractivity contribution in [2.75, 3.05) is 6.54 Å². The maximum Gasteiger partial charge on any atom is 0.111 e. The quantitative estimate of drug-likeness (QED) is 0.661. The highest BCUT2D eigenvalue weighted by atomic mass is 19.1. The second-order valence-corrected chi connectivity index (χ2v) is 4.92. The smallest absolute Gasteiger partial charge is 0.111 e. The second-order valence-electron chi connectivity index (χ2n) is 4.92. The van der Waals surface area contributed by atoms with Gasteiger partial charge in [-0.15, -0.1) is 0 Å². The van der Waals surface area contributed by atoms with Crippen molar-refractivity contribution in [2.24, 2.45) is 16.6 Å². The van der Waals surface area contributed by atoms with Gasteiger partial charge in [0.15, 0.2) is 0 Å². The molecule has 0 heterocycles. The molecule has 0 spiro atoms. The van der Waals surface area contributed by atoms with Crippen molar-refractivity contribution < 1.29 is 4.39 Å². The van der Waals surface area contributed by atoms with Crippen LogP contribution in [0.2, 0.25) is 0 Å². The molecule has 2 heteroatoms. The SMILES string of the molecule is CC(C)(C)C(F)C(C)(C)CN. The molecule has 1 nitrogen and oxygen atoms in total. The Hall–Kier alpha value is -0.110. The fraction of sp³-hybridized carbons (Fsp3) is 1.00. The molecule has 1 atom stereocenters. The molecule has 0 saturated carbocycles. The Labute approximate surface area is 69.2 Å². The number of rotatable bonds is 2. The first-order chi connectivity index (χ1) is 4.72. The second kappa shape index (κ2) is 3.10. The molecular weight excluding hydrogens is 141 g/mol. The van der Waals surface area contributed by atoms with Gasteiger partial charge in [0.1, 0.15) is 6.17 Å². The third kappa shape index (κ3) is 2.78. The molecule has 2 N–H and O–H groups in total. The minimum Gasteiger partial charge on any atom is -0.330 e. The number of hydrogen-bond acceptors (Lipinski definition) is 1. The van der Waals surface area contributed by atoms with Crippen molar-refractivity contribution >= 4 is 0 Å². The summed E-state index contributed by atoms with van der Waals surface area (Å²) in [5.74, 6) is 0. The van der Waals surface area contributed by atoms with E-state index in [0.29, 0.717) is 6.54 Å². The maximum absolute atomic E-state index is 13.6. The Morgan fingerprint density at radius 2 is 1.55 bits per heavy atom. The minimum atomic E-state index is -0.847. The monoisotopic (exact) mass is 161 g/mol. The van der Waals surface area contributed by atoms with Crippen LogP contribution >= 0.6 is 0 Å². The van der Waals surface area contributed by atoms with E-state index in [1.54, 1.807) is 0 Å². The van der Waals surface area contributed by atoms with Gasteiger partial charge in [0, 0.05) is 12.0 Å². The Morgan fingerprint density at radius 3 is 1.64 bits per heavy atom. The van der Waals surface area contributed by atoms with Crippen LogP contribution in [0.3, 0.4) is 0 Å². The van der Waals surface area contributed by atoms with E-state index in [1.807, 2.05) is 34.6 Å². The lowest BCUT2D eigenvalue weighted by molar-refractivity contribution is 0.0473. The highest BCUT2D eigenvalue weighted by Crippen LogP contribution is 2.35. The van der Waals surface area contributed by atoms with Gasteiger partial charge in [-0.05, 0) is 5.41 Å². The maximum atomic E-state index is 13.6. The Morgan fingerprint density at radius 1 is 1.18 bits per heavy atom. The van der Waals surface area contributed by atoms with Gasteiger partial charge in [-0.1, -0.05) is 34.6 Å². The lowest BCUT2D eigenvalue weighted by Gasteiger charge is -2.36. The van der Waals surface area contributed by atoms with E-state index in [4.69, 9.17) is 5.73 Å². The van der Waals surface area contributed by atoms with Gasteiger partial charge in [0.25, 0.3) is 0 Å². The van der Waals surface area contributed by atoms with Crippen LogP contribution in [0.4, 0.5) is 4.39 Å². The van der Waals surface area contributed by atoms with E-state index in [9.17, 15) is 4.39 Å². The molecular formula is C9H20FN. The van der Waals surface area contributed by atoms with E-state index in [2.05, 4.69) is 0 Å². The molecule has 68 valence electrons. The zero-order chi connectivity index (χ0) is 9.28. The largest absolute Gasteiger partial charge is 0.330 e. The predicted octanol–water partition coefficient (Wildman–Crippen LogP) is 2.36. The van der Waals surface area contributed by atoms with Crippen LogP contribution in [0.25, 0.3) is 0 Å². The number of nitrogens with two attached hydrogens (primary N) is 1. The minimum absolute atomic E-state index is 0.303. The number of halogens is 1. The van der Waals surface area contributed by atoms with E-state index >= 15 is 0 Å². The summed E-state index contributed by atoms with van der Waals surface area (Å²) in [6.45, 7) is 9.82. The Bertz CT molecular complexity index is 124. The van der Waals surface area contributed by atoms with Crippen molar-refractivity contribution in [1.82, 2.24) is 0 Å². The molecule has 0 saturated heterocycles. The van der Waals surface area contributed by atoms with Gasteiger partial charge in [-0.25, -0.2) is 4.39 Å². The zero-order valence-corrected chi connectivity index (χ0v) is 8.24. The molecule has 0 aliphatic heterocycles. The molecule has 0 bridgehead atoms. The average Bonchev–Trinajstić information content (AvgIpc) is 1.84. The molecule has 1 unspecified atom stereocenters. The van der Waals surface area contributed by atoms with Crippen LogP contribution < -0.4 is 5.73 Å². The van der Waals surface area contributed by atoms with Crippen LogP contribution in [-0.2, 0) is 0 Å². The van der Waals surface area contributed by atoms with Crippen molar-refractivity contribution in [1.29, 1.82) is 0 Å². The molecule has 11 heavy (non-hydrogen) atoms. The Kier molecular flexibility index (Phi) is 3.06. The zero-order valence-electron chi connectivity index (χ0n) is 8.24. The van der Waals surface area contributed by atoms with Gasteiger partial charge in [-0.2, -0.15) is 0 Å². The molecule has 0 aromatic carbocycles. The molecule has 0 radical (unpaired) electrons. The van der Waals surface area contributed by atoms with E-state index in [0.717, 1.165) is 0 Å². The molecule has 0 aromatic rings. The first-order valence-electron chi connectivity index (χ1n) is 4.06. The van der Waals surface area contributed by atoms with E-state index in [1.165, 1.54) is 0 Å². The van der Waals surface area contributed by atoms with E-state index in [-0.39, 0.29) is 5.41 Å². The van der Waals surface area contributed by atoms with Gasteiger partial charge in [0.05, 0.1) is 0 Å². The van der Waals surface area contributed by atoms with Crippen molar-refractivity contribution in [3.63, 3.8) is 0 Å². The summed E-state index contributed by atoms with van der Waals surface area (Å²) in [5.41, 5.74) is 4.76. The average molecular weight is 161 g/mol. The topological polar surface area (TPSA) is 26.0 Å². The lowest BCUT2D eigenvalue weighted by Crippen LogP contribution is -2.41. The van der Waals surface area contributed by atoms with Crippen molar-refractivity contribution in [3.8, 4) is 0 Å². The van der Waals surface area contributed by atoms with Gasteiger partial charge in [0.2, 0.25) is 0 Å². The normalized spacial score (nSPS) is 16.6. The van der Waals surface area contributed by atoms with Crippen molar-refractivity contribution in [2.45, 2.75) is 40.8 Å². The molecule has 0 amide bonds. The van der Waals surface area contributed by atoms with Gasteiger partial charge >= 0.3 is 0 Å². The molecule has 0 rings (SSSR count). The first kappa shape index (κ1) is 10.9. The Balaban J connectivity index is 4.35. The fourth-order valence-electron chi connectivity index (χ4n) is 1.28. The summed E-state index contributed by atoms with van der Waals surface area (Å²) in [6.07, 6.45) is -0.847. The fourth-order valence-corrected chi connectivity index (χ4v) is 1.28. The van der Waals surface area contributed by atoms with Crippen LogP contribution in [0, 0.1) is 10.8 Å². The number of hydrogen-bond donors (Lipinski definition) is 1. The molecule has 0 aliphatic carbocycles. The summed E-state index contributed by atoms with van der Waals surface area (Å²) in [4.78, 5) is 0. The van der Waals surface area contributed by atoms with Crippen LogP contribution in [-0.4, -0.2) is 12.7 Å². The summed E-state index contributed by atoms with van der Waals surface area (Å²) >= 11 is 0. The summed E-state index contributed by atoms with van der Waals surface area (Å²) in [5, 5.41) is 0. The third-order valence-corrected chi connectivity index (χ3v) is 1.97. The number of alkyl halides is 1. The van der Waals surface area contributed by atoms with Gasteiger partial charge in [-0.3, -0.25) is 0 Å². The van der Waals surface area contributed by atoms with Crippen LogP contribution in [0.15, 0.2) is 0 Å². The first-order valence-corrected chi connectivity index (χ1v) is 4.06. The van der Waals surface area contributed by atoms with E-state index < -0.39 is 11.6 Å². The highest BCUT2D eigenvalue weighted by Gasteiger charge is 2.37. The van der Waals surface area contributed by atoms with Crippen LogP contribution in [0.5, 0.6) is 0 Å². The van der Waals surface area contributed by atoms with Crippen LogP contribution in [0.1, 0.15) is 34.6 Å². The molecule has 0 fully saturated rings. The molecule has 0 aliphatic rings.